The van der Waals surface area contributed by atoms with Crippen LogP contribution >= 0.6 is 15.9 Å². The molecule has 2 nitrogen and oxygen atoms in total. The number of hydrogen-bond donors (Lipinski definition) is 0. The van der Waals surface area contributed by atoms with E-state index in [2.05, 4.69) is 35.0 Å². The lowest BCUT2D eigenvalue weighted by Gasteiger charge is -2.21. The van der Waals surface area contributed by atoms with E-state index in [0.717, 1.165) is 36.8 Å². The topological polar surface area (TPSA) is 20.3 Å². The maximum atomic E-state index is 12.2. The number of alkyl halides is 1. The molecule has 0 saturated carbocycles. The third-order valence-electron chi connectivity index (χ3n) is 2.95. The van der Waals surface area contributed by atoms with Crippen LogP contribution in [0, 0.1) is 6.92 Å². The highest BCUT2D eigenvalue weighted by Crippen LogP contribution is 2.17. The van der Waals surface area contributed by atoms with Gasteiger partial charge in [0.2, 0.25) is 5.91 Å². The molecule has 0 aliphatic heterocycles. The number of carbonyl (C=O) groups excluding carboxylic acids is 1. The number of carbonyl (C=O) groups is 1. The molecule has 0 aliphatic rings. The molecule has 1 aromatic carbocycles. The number of nitrogens with zero attached hydrogens (tertiary/aromatic N) is 1. The van der Waals surface area contributed by atoms with E-state index in [1.54, 1.807) is 0 Å². The predicted molar refractivity (Wildman–Crippen MR) is 81.5 cm³/mol. The van der Waals surface area contributed by atoms with Gasteiger partial charge >= 0.3 is 0 Å². The van der Waals surface area contributed by atoms with E-state index >= 15 is 0 Å². The van der Waals surface area contributed by atoms with E-state index in [4.69, 9.17) is 0 Å². The Bertz CT molecular complexity index is 379. The van der Waals surface area contributed by atoms with Gasteiger partial charge in [-0.3, -0.25) is 4.79 Å². The summed E-state index contributed by atoms with van der Waals surface area (Å²) < 4.78 is 0. The molecule has 100 valence electrons. The van der Waals surface area contributed by atoms with Crippen molar-refractivity contribution in [1.29, 1.82) is 0 Å². The van der Waals surface area contributed by atoms with Crippen LogP contribution in [0.4, 0.5) is 5.69 Å². The van der Waals surface area contributed by atoms with Gasteiger partial charge in [-0.25, -0.2) is 0 Å². The number of unbranched alkanes of at least 4 members (excludes halogenated alkanes) is 2. The highest BCUT2D eigenvalue weighted by atomic mass is 79.9. The molecule has 0 N–H and O–H groups in total. The fourth-order valence-electron chi connectivity index (χ4n) is 1.98. The van der Waals surface area contributed by atoms with Crippen molar-refractivity contribution in [1.82, 2.24) is 0 Å². The van der Waals surface area contributed by atoms with Crippen molar-refractivity contribution < 1.29 is 4.79 Å². The molecule has 1 aromatic rings. The number of aryl methyl sites for hydroxylation is 1. The van der Waals surface area contributed by atoms with E-state index in [0.29, 0.717) is 6.42 Å². The first-order valence-corrected chi connectivity index (χ1v) is 7.74. The molecule has 1 rings (SSSR count). The monoisotopic (exact) mass is 311 g/mol. The normalized spacial score (nSPS) is 10.4. The van der Waals surface area contributed by atoms with Gasteiger partial charge in [0.25, 0.3) is 0 Å². The second-order valence-corrected chi connectivity index (χ2v) is 5.27. The lowest BCUT2D eigenvalue weighted by molar-refractivity contribution is -0.118. The first-order chi connectivity index (χ1) is 8.69. The van der Waals surface area contributed by atoms with Crippen molar-refractivity contribution in [2.75, 3.05) is 16.8 Å². The van der Waals surface area contributed by atoms with Crippen molar-refractivity contribution >= 4 is 27.5 Å². The molecule has 0 bridgehead atoms. The van der Waals surface area contributed by atoms with Crippen molar-refractivity contribution in [3.8, 4) is 0 Å². The zero-order valence-corrected chi connectivity index (χ0v) is 12.9. The Morgan fingerprint density at radius 1 is 1.28 bits per heavy atom. The van der Waals surface area contributed by atoms with E-state index in [1.807, 2.05) is 24.0 Å². The highest BCUT2D eigenvalue weighted by Gasteiger charge is 2.13. The second kappa shape index (κ2) is 8.30. The van der Waals surface area contributed by atoms with Crippen LogP contribution in [0.15, 0.2) is 24.3 Å². The number of anilines is 1. The number of benzene rings is 1. The maximum absolute atomic E-state index is 12.2. The van der Waals surface area contributed by atoms with E-state index in [1.165, 1.54) is 5.56 Å². The van der Waals surface area contributed by atoms with Crippen molar-refractivity contribution in [2.45, 2.75) is 39.5 Å². The number of halogens is 1. The van der Waals surface area contributed by atoms with Crippen LogP contribution in [0.3, 0.4) is 0 Å². The minimum atomic E-state index is 0.234. The Kier molecular flexibility index (Phi) is 7.02. The molecule has 0 fully saturated rings. The van der Waals surface area contributed by atoms with E-state index in [9.17, 15) is 4.79 Å². The number of rotatable bonds is 7. The summed E-state index contributed by atoms with van der Waals surface area (Å²) >= 11 is 3.41. The van der Waals surface area contributed by atoms with Crippen LogP contribution < -0.4 is 4.90 Å². The van der Waals surface area contributed by atoms with Gasteiger partial charge in [-0.2, -0.15) is 0 Å². The average Bonchev–Trinajstić information content (AvgIpc) is 2.36. The molecular formula is C15H22BrNO. The van der Waals surface area contributed by atoms with Crippen molar-refractivity contribution in [3.63, 3.8) is 0 Å². The molecule has 0 radical (unpaired) electrons. The molecule has 1 amide bonds. The van der Waals surface area contributed by atoms with Crippen LogP contribution in [0.1, 0.15) is 38.2 Å². The predicted octanol–water partition coefficient (Wildman–Crippen LogP) is 4.30. The molecule has 0 saturated heterocycles. The van der Waals surface area contributed by atoms with Crippen molar-refractivity contribution in [3.05, 3.63) is 29.8 Å². The lowest BCUT2D eigenvalue weighted by atomic mass is 10.1. The summed E-state index contributed by atoms with van der Waals surface area (Å²) in [7, 11) is 0. The van der Waals surface area contributed by atoms with Crippen LogP contribution in [0.25, 0.3) is 0 Å². The molecule has 3 heteroatoms. The summed E-state index contributed by atoms with van der Waals surface area (Å²) in [5.41, 5.74) is 2.21. The molecule has 0 unspecified atom stereocenters. The third kappa shape index (κ3) is 4.81. The summed E-state index contributed by atoms with van der Waals surface area (Å²) in [6, 6.07) is 8.13. The molecule has 0 aliphatic carbocycles. The fourth-order valence-corrected chi connectivity index (χ4v) is 2.38. The molecule has 18 heavy (non-hydrogen) atoms. The van der Waals surface area contributed by atoms with Crippen LogP contribution in [-0.2, 0) is 4.79 Å². The lowest BCUT2D eigenvalue weighted by Crippen LogP contribution is -2.30. The minimum absolute atomic E-state index is 0.234. The van der Waals surface area contributed by atoms with Gasteiger partial charge in [-0.1, -0.05) is 34.5 Å². The quantitative estimate of drug-likeness (QED) is 0.543. The first kappa shape index (κ1) is 15.2. The van der Waals surface area contributed by atoms with E-state index < -0.39 is 0 Å². The third-order valence-corrected chi connectivity index (χ3v) is 3.52. The van der Waals surface area contributed by atoms with Crippen LogP contribution in [0.5, 0.6) is 0 Å². The Morgan fingerprint density at radius 2 is 2.06 bits per heavy atom. The minimum Gasteiger partial charge on any atom is -0.313 e. The van der Waals surface area contributed by atoms with Gasteiger partial charge < -0.3 is 4.90 Å². The van der Waals surface area contributed by atoms with Gasteiger partial charge in [0.05, 0.1) is 0 Å². The van der Waals surface area contributed by atoms with Gasteiger partial charge in [-0.15, -0.1) is 0 Å². The Hall–Kier alpha value is -0.830. The maximum Gasteiger partial charge on any atom is 0.226 e. The van der Waals surface area contributed by atoms with Crippen molar-refractivity contribution in [2.24, 2.45) is 0 Å². The molecule has 0 spiro atoms. The molecule has 0 heterocycles. The van der Waals surface area contributed by atoms with Crippen LogP contribution in [0.2, 0.25) is 0 Å². The first-order valence-electron chi connectivity index (χ1n) is 6.62. The van der Waals surface area contributed by atoms with Gasteiger partial charge in [0.1, 0.15) is 0 Å². The van der Waals surface area contributed by atoms with E-state index in [-0.39, 0.29) is 5.91 Å². The number of hydrogen-bond acceptors (Lipinski definition) is 1. The summed E-state index contributed by atoms with van der Waals surface area (Å²) in [4.78, 5) is 14.0. The largest absolute Gasteiger partial charge is 0.313 e. The zero-order chi connectivity index (χ0) is 13.4. The van der Waals surface area contributed by atoms with Crippen LogP contribution in [-0.4, -0.2) is 17.8 Å². The summed E-state index contributed by atoms with van der Waals surface area (Å²) in [6.07, 6.45) is 3.88. The summed E-state index contributed by atoms with van der Waals surface area (Å²) in [6.45, 7) is 4.82. The Balaban J connectivity index is 2.57. The smallest absolute Gasteiger partial charge is 0.226 e. The SMILES string of the molecule is CCN(C(=O)CCCCCBr)c1cccc(C)c1. The highest BCUT2D eigenvalue weighted by molar-refractivity contribution is 9.09. The fraction of sp³-hybridized carbons (Fsp3) is 0.533. The molecule has 0 aromatic heterocycles. The number of amides is 1. The standard InChI is InChI=1S/C15H22BrNO/c1-3-17(14-9-7-8-13(2)12-14)15(18)10-5-4-6-11-16/h7-9,12H,3-6,10-11H2,1-2H3. The van der Waals surface area contributed by atoms with Gasteiger partial charge in [0, 0.05) is 24.0 Å². The second-order valence-electron chi connectivity index (χ2n) is 4.48. The van der Waals surface area contributed by atoms with Gasteiger partial charge in [0.15, 0.2) is 0 Å². The molecule has 0 atom stereocenters. The zero-order valence-electron chi connectivity index (χ0n) is 11.3. The van der Waals surface area contributed by atoms with Gasteiger partial charge in [-0.05, 0) is 44.4 Å². The average molecular weight is 312 g/mol. The Morgan fingerprint density at radius 3 is 2.67 bits per heavy atom. The molecular weight excluding hydrogens is 290 g/mol. The summed E-state index contributed by atoms with van der Waals surface area (Å²) in [5, 5.41) is 1.02. The Labute approximate surface area is 119 Å². The summed E-state index contributed by atoms with van der Waals surface area (Å²) in [5.74, 6) is 0.234.